The van der Waals surface area contributed by atoms with Gasteiger partial charge in [-0.1, -0.05) is 6.92 Å². The zero-order valence-corrected chi connectivity index (χ0v) is 11.3. The number of rotatable bonds is 3. The van der Waals surface area contributed by atoms with Crippen molar-refractivity contribution < 1.29 is 4.42 Å². The summed E-state index contributed by atoms with van der Waals surface area (Å²) in [4.78, 5) is 0. The molecule has 17 heavy (non-hydrogen) atoms. The smallest absolute Gasteiger partial charge is 0.0947 e. The molecule has 0 aromatic carbocycles. The molecule has 0 radical (unpaired) electrons. The number of hydrogen-bond acceptors (Lipinski definition) is 4. The molecule has 3 rings (SSSR count). The summed E-state index contributed by atoms with van der Waals surface area (Å²) >= 11 is 3.87. The Kier molecular flexibility index (Phi) is 3.27. The molecule has 0 aliphatic carbocycles. The molecular formula is C13H15NOS2. The lowest BCUT2D eigenvalue weighted by Crippen LogP contribution is -2.25. The van der Waals surface area contributed by atoms with E-state index in [1.807, 2.05) is 35.4 Å². The van der Waals surface area contributed by atoms with Gasteiger partial charge < -0.3 is 9.73 Å². The van der Waals surface area contributed by atoms with Crippen LogP contribution >= 0.6 is 23.1 Å². The first kappa shape index (κ1) is 11.4. The van der Waals surface area contributed by atoms with Crippen LogP contribution in [0.3, 0.4) is 0 Å². The number of thioether (sulfide) groups is 1. The van der Waals surface area contributed by atoms with Gasteiger partial charge in [-0.25, -0.2) is 0 Å². The van der Waals surface area contributed by atoms with Crippen LogP contribution in [0, 0.1) is 0 Å². The molecule has 0 saturated carbocycles. The molecule has 0 amide bonds. The Labute approximate surface area is 109 Å². The maximum absolute atomic E-state index is 5.09. The van der Waals surface area contributed by atoms with Gasteiger partial charge in [0.15, 0.2) is 0 Å². The molecule has 90 valence electrons. The predicted molar refractivity (Wildman–Crippen MR) is 72.5 cm³/mol. The molecule has 0 bridgehead atoms. The highest BCUT2D eigenvalue weighted by Crippen LogP contribution is 2.43. The van der Waals surface area contributed by atoms with Gasteiger partial charge in [-0.2, -0.15) is 0 Å². The second kappa shape index (κ2) is 4.88. The first-order valence-corrected chi connectivity index (χ1v) is 7.57. The molecular weight excluding hydrogens is 250 g/mol. The van der Waals surface area contributed by atoms with Crippen LogP contribution < -0.4 is 5.32 Å². The van der Waals surface area contributed by atoms with Crippen LogP contribution in [-0.4, -0.2) is 5.25 Å². The largest absolute Gasteiger partial charge is 0.472 e. The maximum atomic E-state index is 5.09. The van der Waals surface area contributed by atoms with Gasteiger partial charge in [0.25, 0.3) is 0 Å². The molecule has 0 spiro atoms. The summed E-state index contributed by atoms with van der Waals surface area (Å²) in [7, 11) is 0. The Morgan fingerprint density at radius 2 is 2.41 bits per heavy atom. The van der Waals surface area contributed by atoms with Crippen molar-refractivity contribution in [2.24, 2.45) is 0 Å². The van der Waals surface area contributed by atoms with E-state index in [0.717, 1.165) is 6.54 Å². The lowest BCUT2D eigenvalue weighted by atomic mass is 10.0. The van der Waals surface area contributed by atoms with Crippen LogP contribution in [-0.2, 0) is 6.54 Å². The second-order valence-electron chi connectivity index (χ2n) is 4.39. The van der Waals surface area contributed by atoms with Gasteiger partial charge in [0.2, 0.25) is 0 Å². The summed E-state index contributed by atoms with van der Waals surface area (Å²) < 4.78 is 6.57. The van der Waals surface area contributed by atoms with Gasteiger partial charge in [-0.3, -0.25) is 0 Å². The molecule has 1 aliphatic heterocycles. The number of nitrogens with one attached hydrogen (secondary N) is 1. The second-order valence-corrected chi connectivity index (χ2v) is 7.02. The van der Waals surface area contributed by atoms with E-state index < -0.39 is 0 Å². The lowest BCUT2D eigenvalue weighted by Gasteiger charge is -2.27. The highest BCUT2D eigenvalue weighted by Gasteiger charge is 2.25. The van der Waals surface area contributed by atoms with E-state index in [1.54, 1.807) is 6.26 Å². The first-order chi connectivity index (χ1) is 8.33. The molecule has 2 nitrogen and oxygen atoms in total. The van der Waals surface area contributed by atoms with Crippen molar-refractivity contribution >= 4 is 23.1 Å². The van der Waals surface area contributed by atoms with E-state index in [9.17, 15) is 0 Å². The molecule has 2 aromatic rings. The first-order valence-electron chi connectivity index (χ1n) is 5.81. The molecule has 2 atom stereocenters. The highest BCUT2D eigenvalue weighted by molar-refractivity contribution is 8.01. The van der Waals surface area contributed by atoms with Gasteiger partial charge in [-0.15, -0.1) is 23.1 Å². The van der Waals surface area contributed by atoms with Gasteiger partial charge >= 0.3 is 0 Å². The van der Waals surface area contributed by atoms with E-state index in [0.29, 0.717) is 11.3 Å². The summed E-state index contributed by atoms with van der Waals surface area (Å²) in [5, 5.41) is 6.52. The van der Waals surface area contributed by atoms with Crippen LogP contribution in [0.15, 0.2) is 38.7 Å². The summed E-state index contributed by atoms with van der Waals surface area (Å²) in [5.41, 5.74) is 2.69. The summed E-state index contributed by atoms with van der Waals surface area (Å²) in [5.74, 6) is 0. The molecule has 0 saturated heterocycles. The maximum Gasteiger partial charge on any atom is 0.0947 e. The Morgan fingerprint density at radius 3 is 3.24 bits per heavy atom. The Morgan fingerprint density at radius 1 is 1.47 bits per heavy atom. The van der Waals surface area contributed by atoms with Crippen LogP contribution in [0.2, 0.25) is 0 Å². The van der Waals surface area contributed by atoms with Gasteiger partial charge in [0.05, 0.1) is 16.7 Å². The van der Waals surface area contributed by atoms with Crippen LogP contribution in [0.25, 0.3) is 0 Å². The lowest BCUT2D eigenvalue weighted by molar-refractivity contribution is 0.484. The van der Waals surface area contributed by atoms with Gasteiger partial charge in [0, 0.05) is 23.4 Å². The van der Waals surface area contributed by atoms with Gasteiger partial charge in [0.1, 0.15) is 0 Å². The molecule has 4 heteroatoms. The van der Waals surface area contributed by atoms with Crippen molar-refractivity contribution in [3.05, 3.63) is 41.2 Å². The minimum atomic E-state index is 0.488. The molecule has 1 unspecified atom stereocenters. The van der Waals surface area contributed by atoms with E-state index in [1.165, 1.54) is 21.8 Å². The number of hydrogen-bond donors (Lipinski definition) is 1. The number of thiophene rings is 1. The Hall–Kier alpha value is -0.710. The monoisotopic (exact) mass is 265 g/mol. The average Bonchev–Trinajstić information content (AvgIpc) is 2.95. The van der Waals surface area contributed by atoms with E-state index in [4.69, 9.17) is 4.42 Å². The van der Waals surface area contributed by atoms with Crippen molar-refractivity contribution in [3.63, 3.8) is 0 Å². The number of furan rings is 1. The summed E-state index contributed by atoms with van der Waals surface area (Å²) in [6, 6.07) is 4.76. The normalized spacial score (nSPS) is 23.6. The molecule has 1 N–H and O–H groups in total. The fraction of sp³-hybridized carbons (Fsp3) is 0.385. The van der Waals surface area contributed by atoms with Crippen molar-refractivity contribution in [1.29, 1.82) is 0 Å². The summed E-state index contributed by atoms with van der Waals surface area (Å²) in [6.07, 6.45) is 4.74. The van der Waals surface area contributed by atoms with Crippen LogP contribution in [0.1, 0.15) is 30.5 Å². The fourth-order valence-electron chi connectivity index (χ4n) is 2.18. The molecule has 3 heterocycles. The van der Waals surface area contributed by atoms with Gasteiger partial charge in [-0.05, 0) is 29.5 Å². The minimum Gasteiger partial charge on any atom is -0.472 e. The zero-order valence-electron chi connectivity index (χ0n) is 9.68. The topological polar surface area (TPSA) is 25.2 Å². The van der Waals surface area contributed by atoms with Crippen LogP contribution in [0.5, 0.6) is 0 Å². The third-order valence-corrected chi connectivity index (χ3v) is 5.39. The fourth-order valence-corrected chi connectivity index (χ4v) is 4.74. The SMILES string of the molecule is C[C@H]1CC(NCc2ccoc2)c2ccsc2S1. The van der Waals surface area contributed by atoms with Crippen molar-refractivity contribution in [1.82, 2.24) is 5.32 Å². The van der Waals surface area contributed by atoms with E-state index in [-0.39, 0.29) is 0 Å². The third-order valence-electron chi connectivity index (χ3n) is 3.04. The molecule has 2 aromatic heterocycles. The van der Waals surface area contributed by atoms with Crippen molar-refractivity contribution in [3.8, 4) is 0 Å². The average molecular weight is 265 g/mol. The van der Waals surface area contributed by atoms with Crippen molar-refractivity contribution in [2.45, 2.75) is 35.4 Å². The number of fused-ring (bicyclic) bond motifs is 1. The standard InChI is InChI=1S/C13H15NOS2/c1-9-6-12(11-3-5-16-13(11)17-9)14-7-10-2-4-15-8-10/h2-5,8-9,12,14H,6-7H2,1H3/t9-,12?/m0/s1. The Bertz CT molecular complexity index is 477. The van der Waals surface area contributed by atoms with Crippen molar-refractivity contribution in [2.75, 3.05) is 0 Å². The highest BCUT2D eigenvalue weighted by atomic mass is 32.2. The van der Waals surface area contributed by atoms with E-state index in [2.05, 4.69) is 23.7 Å². The quantitative estimate of drug-likeness (QED) is 0.906. The van der Waals surface area contributed by atoms with Crippen LogP contribution in [0.4, 0.5) is 0 Å². The minimum absolute atomic E-state index is 0.488. The third kappa shape index (κ3) is 2.44. The predicted octanol–water partition coefficient (Wildman–Crippen LogP) is 4.06. The Balaban J connectivity index is 1.71. The molecule has 0 fully saturated rings. The summed E-state index contributed by atoms with van der Waals surface area (Å²) in [6.45, 7) is 3.19. The molecule has 1 aliphatic rings. The van der Waals surface area contributed by atoms with E-state index >= 15 is 0 Å². The zero-order chi connectivity index (χ0) is 11.7.